The van der Waals surface area contributed by atoms with Gasteiger partial charge in [-0.15, -0.1) is 0 Å². The van der Waals surface area contributed by atoms with Crippen molar-refractivity contribution in [1.29, 1.82) is 0 Å². The van der Waals surface area contributed by atoms with E-state index in [-0.39, 0.29) is 11.0 Å². The Morgan fingerprint density at radius 1 is 0.912 bits per heavy atom. The molecular formula is C26H27BrN2O4S. The van der Waals surface area contributed by atoms with E-state index in [2.05, 4.69) is 26.6 Å². The van der Waals surface area contributed by atoms with E-state index in [0.717, 1.165) is 16.5 Å². The van der Waals surface area contributed by atoms with Crippen LogP contribution in [0.2, 0.25) is 0 Å². The number of hydrogen-bond acceptors (Lipinski definition) is 5. The van der Waals surface area contributed by atoms with Crippen LogP contribution in [0.4, 0.5) is 5.69 Å². The number of thiocarbonyl (C=S) groups is 1. The second-order valence-electron chi connectivity index (χ2n) is 7.17. The first-order chi connectivity index (χ1) is 16.6. The summed E-state index contributed by atoms with van der Waals surface area (Å²) in [5, 5.41) is 5.91. The Morgan fingerprint density at radius 2 is 1.65 bits per heavy atom. The van der Waals surface area contributed by atoms with Gasteiger partial charge in [-0.25, -0.2) is 0 Å². The average molecular weight is 543 g/mol. The smallest absolute Gasteiger partial charge is 0.261 e. The highest BCUT2D eigenvalue weighted by Crippen LogP contribution is 2.25. The van der Waals surface area contributed by atoms with Crippen molar-refractivity contribution in [3.8, 4) is 11.5 Å². The van der Waals surface area contributed by atoms with Crippen molar-refractivity contribution in [3.63, 3.8) is 0 Å². The third-order valence-corrected chi connectivity index (χ3v) is 5.43. The quantitative estimate of drug-likeness (QED) is 0.242. The van der Waals surface area contributed by atoms with Gasteiger partial charge in [0.25, 0.3) is 5.91 Å². The Morgan fingerprint density at radius 3 is 2.44 bits per heavy atom. The number of nitrogens with one attached hydrogen (secondary N) is 2. The van der Waals surface area contributed by atoms with E-state index in [1.165, 1.54) is 0 Å². The second kappa shape index (κ2) is 13.7. The van der Waals surface area contributed by atoms with Gasteiger partial charge < -0.3 is 19.5 Å². The summed E-state index contributed by atoms with van der Waals surface area (Å²) in [7, 11) is 0. The minimum Gasteiger partial charge on any atom is -0.492 e. The molecule has 0 fully saturated rings. The number of rotatable bonds is 11. The van der Waals surface area contributed by atoms with Crippen molar-refractivity contribution in [2.24, 2.45) is 0 Å². The van der Waals surface area contributed by atoms with Crippen LogP contribution in [0, 0.1) is 0 Å². The van der Waals surface area contributed by atoms with E-state index >= 15 is 0 Å². The van der Waals surface area contributed by atoms with E-state index in [4.69, 9.17) is 26.4 Å². The molecule has 3 aromatic rings. The van der Waals surface area contributed by atoms with Gasteiger partial charge in [-0.1, -0.05) is 58.4 Å². The summed E-state index contributed by atoms with van der Waals surface area (Å²) < 4.78 is 17.8. The third kappa shape index (κ3) is 8.13. The number of ether oxygens (including phenoxy) is 3. The van der Waals surface area contributed by atoms with Gasteiger partial charge in [0.05, 0.1) is 24.5 Å². The summed E-state index contributed by atoms with van der Waals surface area (Å²) in [6.07, 6.45) is 0.734. The van der Waals surface area contributed by atoms with Crippen molar-refractivity contribution in [3.05, 3.63) is 88.4 Å². The predicted octanol–water partition coefficient (Wildman–Crippen LogP) is 5.61. The first kappa shape index (κ1) is 25.7. The second-order valence-corrected chi connectivity index (χ2v) is 8.50. The highest BCUT2D eigenvalue weighted by atomic mass is 79.9. The third-order valence-electron chi connectivity index (χ3n) is 4.73. The molecule has 6 nitrogen and oxygen atoms in total. The van der Waals surface area contributed by atoms with Crippen LogP contribution in [0.1, 0.15) is 22.8 Å². The number of para-hydroxylation sites is 2. The number of benzene rings is 3. The number of amides is 1. The molecule has 0 atom stereocenters. The normalized spacial score (nSPS) is 10.4. The Hall–Kier alpha value is -2.94. The molecule has 3 rings (SSSR count). The van der Waals surface area contributed by atoms with Crippen LogP contribution in [-0.4, -0.2) is 37.4 Å². The highest BCUT2D eigenvalue weighted by Gasteiger charge is 2.16. The number of anilines is 1. The molecule has 2 N–H and O–H groups in total. The molecule has 0 radical (unpaired) electrons. The molecule has 0 bridgehead atoms. The lowest BCUT2D eigenvalue weighted by Gasteiger charge is -2.15. The van der Waals surface area contributed by atoms with E-state index in [1.807, 2.05) is 67.6 Å². The van der Waals surface area contributed by atoms with Gasteiger partial charge in [0.1, 0.15) is 18.1 Å². The Bertz CT molecular complexity index is 1100. The first-order valence-electron chi connectivity index (χ1n) is 10.9. The molecule has 0 spiro atoms. The lowest BCUT2D eigenvalue weighted by atomic mass is 10.1. The molecule has 3 aromatic carbocycles. The fourth-order valence-electron chi connectivity index (χ4n) is 3.10. The zero-order valence-electron chi connectivity index (χ0n) is 18.9. The molecule has 0 unspecified atom stereocenters. The van der Waals surface area contributed by atoms with Gasteiger partial charge in [0.15, 0.2) is 5.11 Å². The fourth-order valence-corrected chi connectivity index (χ4v) is 3.67. The number of halogens is 1. The molecule has 0 aliphatic heterocycles. The van der Waals surface area contributed by atoms with Crippen molar-refractivity contribution in [2.45, 2.75) is 13.3 Å². The Labute approximate surface area is 213 Å². The average Bonchev–Trinajstić information content (AvgIpc) is 2.84. The molecule has 0 aromatic heterocycles. The van der Waals surface area contributed by atoms with Crippen molar-refractivity contribution < 1.29 is 19.0 Å². The van der Waals surface area contributed by atoms with Gasteiger partial charge in [-0.2, -0.15) is 0 Å². The van der Waals surface area contributed by atoms with Crippen molar-refractivity contribution >= 4 is 44.9 Å². The predicted molar refractivity (Wildman–Crippen MR) is 142 cm³/mol. The van der Waals surface area contributed by atoms with Crippen LogP contribution in [0.15, 0.2) is 77.3 Å². The lowest BCUT2D eigenvalue weighted by Crippen LogP contribution is -2.34. The highest BCUT2D eigenvalue weighted by molar-refractivity contribution is 9.10. The van der Waals surface area contributed by atoms with Crippen LogP contribution in [0.5, 0.6) is 11.5 Å². The number of carbonyl (C=O) groups excluding carboxylic acids is 1. The van der Waals surface area contributed by atoms with Crippen LogP contribution in [-0.2, 0) is 11.2 Å². The minimum absolute atomic E-state index is 0.154. The van der Waals surface area contributed by atoms with Crippen LogP contribution >= 0.6 is 28.1 Å². The van der Waals surface area contributed by atoms with Crippen LogP contribution < -0.4 is 20.1 Å². The topological polar surface area (TPSA) is 68.8 Å². The summed E-state index contributed by atoms with van der Waals surface area (Å²) in [6, 6.07) is 22.7. The zero-order valence-corrected chi connectivity index (χ0v) is 21.3. The molecule has 0 heterocycles. The van der Waals surface area contributed by atoms with Gasteiger partial charge in [0.2, 0.25) is 0 Å². The maximum absolute atomic E-state index is 13.0. The van der Waals surface area contributed by atoms with E-state index < -0.39 is 0 Å². The molecule has 1 amide bonds. The van der Waals surface area contributed by atoms with Gasteiger partial charge in [0, 0.05) is 17.5 Å². The summed E-state index contributed by atoms with van der Waals surface area (Å²) in [5.74, 6) is 0.730. The summed E-state index contributed by atoms with van der Waals surface area (Å²) >= 11 is 8.80. The van der Waals surface area contributed by atoms with Crippen molar-refractivity contribution in [1.82, 2.24) is 5.32 Å². The SMILES string of the molecule is CCOCCOc1ccccc1NC(=S)NC(=O)c1cc(Br)ccc1OCCc1ccccc1. The van der Waals surface area contributed by atoms with Gasteiger partial charge in [-0.05, 0) is 55.0 Å². The van der Waals surface area contributed by atoms with Gasteiger partial charge in [-0.3, -0.25) is 10.1 Å². The molecule has 178 valence electrons. The molecule has 0 saturated heterocycles. The molecule has 34 heavy (non-hydrogen) atoms. The maximum atomic E-state index is 13.0. The van der Waals surface area contributed by atoms with Crippen LogP contribution in [0.25, 0.3) is 0 Å². The first-order valence-corrected chi connectivity index (χ1v) is 12.1. The maximum Gasteiger partial charge on any atom is 0.261 e. The van der Waals surface area contributed by atoms with E-state index in [0.29, 0.717) is 49.2 Å². The largest absolute Gasteiger partial charge is 0.492 e. The molecule has 0 aliphatic carbocycles. The minimum atomic E-state index is -0.372. The lowest BCUT2D eigenvalue weighted by molar-refractivity contribution is 0.0973. The standard InChI is InChI=1S/C26H27BrN2O4S/c1-2-31-16-17-33-24-11-7-6-10-22(24)28-26(34)29-25(30)21-18-20(27)12-13-23(21)32-15-14-19-8-4-3-5-9-19/h3-13,18H,2,14-17H2,1H3,(H2,28,29,30,34). The Kier molecular flexibility index (Phi) is 10.3. The van der Waals surface area contributed by atoms with Gasteiger partial charge >= 0.3 is 0 Å². The van der Waals surface area contributed by atoms with Crippen molar-refractivity contribution in [2.75, 3.05) is 31.7 Å². The van der Waals surface area contributed by atoms with E-state index in [1.54, 1.807) is 12.1 Å². The van der Waals surface area contributed by atoms with E-state index in [9.17, 15) is 4.79 Å². The summed E-state index contributed by atoms with van der Waals surface area (Å²) in [4.78, 5) is 13.0. The summed E-state index contributed by atoms with van der Waals surface area (Å²) in [5.41, 5.74) is 2.20. The zero-order chi connectivity index (χ0) is 24.2. The molecule has 0 saturated carbocycles. The molecule has 8 heteroatoms. The molecular weight excluding hydrogens is 516 g/mol. The number of hydrogen-bond donors (Lipinski definition) is 2. The monoisotopic (exact) mass is 542 g/mol. The molecule has 0 aliphatic rings. The van der Waals surface area contributed by atoms with Crippen LogP contribution in [0.3, 0.4) is 0 Å². The number of carbonyl (C=O) groups is 1. The Balaban J connectivity index is 1.61. The fraction of sp³-hybridized carbons (Fsp3) is 0.231. The summed E-state index contributed by atoms with van der Waals surface area (Å²) in [6.45, 7) is 3.91.